The van der Waals surface area contributed by atoms with E-state index in [1.165, 1.54) is 18.2 Å². The molecule has 12 heteroatoms. The maximum absolute atomic E-state index is 13.5. The van der Waals surface area contributed by atoms with Crippen molar-refractivity contribution >= 4 is 63.1 Å². The predicted molar refractivity (Wildman–Crippen MR) is 146 cm³/mol. The summed E-state index contributed by atoms with van der Waals surface area (Å²) >= 11 is 13.5. The first-order valence-electron chi connectivity index (χ1n) is 11.6. The van der Waals surface area contributed by atoms with E-state index in [1.54, 1.807) is 31.2 Å². The molecule has 3 aromatic rings. The number of ketones is 1. The van der Waals surface area contributed by atoms with Crippen LogP contribution in [0.3, 0.4) is 0 Å². The molecule has 0 aliphatic carbocycles. The number of carbonyl (C=O) groups excluding carboxylic acids is 3. The van der Waals surface area contributed by atoms with E-state index in [2.05, 4.69) is 11.6 Å². The maximum Gasteiger partial charge on any atom is 0.350 e. The van der Waals surface area contributed by atoms with Gasteiger partial charge >= 0.3 is 11.9 Å². The Morgan fingerprint density at radius 2 is 1.95 bits per heavy atom. The summed E-state index contributed by atoms with van der Waals surface area (Å²) < 4.78 is 16.3. The minimum Gasteiger partial charge on any atom is -0.507 e. The fraction of sp³-hybridized carbons (Fsp3) is 0.185. The maximum atomic E-state index is 13.5. The van der Waals surface area contributed by atoms with Gasteiger partial charge < -0.3 is 19.3 Å². The number of anilines is 1. The number of carbonyl (C=O) groups is 3. The van der Waals surface area contributed by atoms with Crippen LogP contribution in [-0.2, 0) is 14.3 Å². The predicted octanol–water partition coefficient (Wildman–Crippen LogP) is 5.50. The van der Waals surface area contributed by atoms with E-state index in [-0.39, 0.29) is 32.8 Å². The Bertz CT molecular complexity index is 1570. The van der Waals surface area contributed by atoms with Gasteiger partial charge in [-0.25, -0.2) is 9.78 Å². The molecule has 200 valence electrons. The van der Waals surface area contributed by atoms with Gasteiger partial charge in [-0.05, 0) is 42.8 Å². The summed E-state index contributed by atoms with van der Waals surface area (Å²) in [6, 6.07) is 8.09. The highest BCUT2D eigenvalue weighted by molar-refractivity contribution is 7.17. The Morgan fingerprint density at radius 3 is 2.67 bits per heavy atom. The van der Waals surface area contributed by atoms with Crippen LogP contribution >= 0.6 is 34.5 Å². The molecule has 5 rings (SSSR count). The molecule has 1 fully saturated rings. The van der Waals surface area contributed by atoms with Crippen LogP contribution in [0.1, 0.15) is 32.5 Å². The molecule has 1 atom stereocenters. The molecule has 39 heavy (non-hydrogen) atoms. The van der Waals surface area contributed by atoms with Crippen LogP contribution in [0, 0.1) is 6.92 Å². The first-order valence-corrected chi connectivity index (χ1v) is 13.2. The molecule has 0 bridgehead atoms. The summed E-state index contributed by atoms with van der Waals surface area (Å²) in [6.45, 7) is 5.80. The second-order valence-electron chi connectivity index (χ2n) is 8.49. The third kappa shape index (κ3) is 4.87. The Kier molecular flexibility index (Phi) is 7.35. The zero-order valence-corrected chi connectivity index (χ0v) is 22.7. The summed E-state index contributed by atoms with van der Waals surface area (Å²) in [7, 11) is 0. The minimum atomic E-state index is -1.18. The summed E-state index contributed by atoms with van der Waals surface area (Å²) in [5.74, 6) is -2.12. The Hall–Kier alpha value is -3.86. The smallest absolute Gasteiger partial charge is 0.350 e. The number of amides is 1. The van der Waals surface area contributed by atoms with Crippen molar-refractivity contribution in [2.24, 2.45) is 0 Å². The van der Waals surface area contributed by atoms with Crippen molar-refractivity contribution in [1.82, 2.24) is 4.98 Å². The molecule has 0 saturated carbocycles. The second kappa shape index (κ2) is 10.7. The van der Waals surface area contributed by atoms with Crippen molar-refractivity contribution in [2.45, 2.75) is 13.0 Å². The van der Waals surface area contributed by atoms with Crippen LogP contribution in [-0.4, -0.2) is 47.6 Å². The van der Waals surface area contributed by atoms with E-state index in [0.717, 1.165) is 16.2 Å². The number of ether oxygens (including phenoxy) is 3. The van der Waals surface area contributed by atoms with Crippen LogP contribution in [0.25, 0.3) is 5.76 Å². The van der Waals surface area contributed by atoms with E-state index < -0.39 is 29.5 Å². The molecule has 3 heterocycles. The number of thiazole rings is 1. The Balaban J connectivity index is 1.67. The fourth-order valence-electron chi connectivity index (χ4n) is 4.27. The number of benzene rings is 2. The molecule has 0 radical (unpaired) electrons. The van der Waals surface area contributed by atoms with Crippen molar-refractivity contribution in [3.8, 4) is 11.5 Å². The number of aliphatic hydroxyl groups is 1. The lowest BCUT2D eigenvalue weighted by Gasteiger charge is -2.24. The molecule has 1 aromatic heterocycles. The largest absolute Gasteiger partial charge is 0.507 e. The van der Waals surface area contributed by atoms with Crippen LogP contribution in [0.2, 0.25) is 10.0 Å². The third-order valence-electron chi connectivity index (χ3n) is 6.03. The van der Waals surface area contributed by atoms with Gasteiger partial charge in [-0.15, -0.1) is 0 Å². The zero-order chi connectivity index (χ0) is 27.8. The number of aromatic nitrogens is 1. The molecular weight excluding hydrogens is 567 g/mol. The average molecular weight is 587 g/mol. The summed E-state index contributed by atoms with van der Waals surface area (Å²) in [6.07, 6.45) is 1.42. The lowest BCUT2D eigenvalue weighted by atomic mass is 9.95. The number of fused-ring (bicyclic) bond motifs is 1. The highest BCUT2D eigenvalue weighted by Crippen LogP contribution is 2.46. The number of hydrogen-bond acceptors (Lipinski definition) is 9. The molecule has 1 amide bonds. The number of halogens is 2. The lowest BCUT2D eigenvalue weighted by molar-refractivity contribution is -0.132. The Labute approximate surface area is 236 Å². The Morgan fingerprint density at radius 1 is 1.21 bits per heavy atom. The summed E-state index contributed by atoms with van der Waals surface area (Å²) in [5.41, 5.74) is 0.641. The van der Waals surface area contributed by atoms with E-state index in [1.807, 2.05) is 0 Å². The van der Waals surface area contributed by atoms with Crippen molar-refractivity contribution < 1.29 is 33.7 Å². The quantitative estimate of drug-likeness (QED) is 0.132. The average Bonchev–Trinajstić information content (AvgIpc) is 3.43. The first-order chi connectivity index (χ1) is 18.7. The fourth-order valence-corrected chi connectivity index (χ4v) is 5.77. The molecule has 2 aliphatic rings. The summed E-state index contributed by atoms with van der Waals surface area (Å²) in [4.78, 5) is 45.1. The SMILES string of the molecule is C=CCOC(=O)c1sc(N2C(=O)C(=O)/C(=C(/O)c3ccc4c(c3)OCCO4)C2c2ccc(Cl)cc2Cl)nc1C. The minimum absolute atomic E-state index is 0.00800. The van der Waals surface area contributed by atoms with Crippen LogP contribution < -0.4 is 14.4 Å². The molecule has 1 saturated heterocycles. The van der Waals surface area contributed by atoms with E-state index >= 15 is 0 Å². The first kappa shape index (κ1) is 26.7. The highest BCUT2D eigenvalue weighted by atomic mass is 35.5. The van der Waals surface area contributed by atoms with Crippen molar-refractivity contribution in [1.29, 1.82) is 0 Å². The van der Waals surface area contributed by atoms with E-state index in [0.29, 0.717) is 41.0 Å². The second-order valence-corrected chi connectivity index (χ2v) is 10.3. The van der Waals surface area contributed by atoms with Gasteiger partial charge in [0, 0.05) is 15.6 Å². The highest BCUT2D eigenvalue weighted by Gasteiger charge is 2.49. The van der Waals surface area contributed by atoms with Gasteiger partial charge in [-0.3, -0.25) is 14.5 Å². The van der Waals surface area contributed by atoms with Gasteiger partial charge in [-0.2, -0.15) is 0 Å². The number of Topliss-reactive ketones (excluding diaryl/α,β-unsaturated/α-hetero) is 1. The molecule has 1 N–H and O–H groups in total. The zero-order valence-electron chi connectivity index (χ0n) is 20.4. The number of aryl methyl sites for hydroxylation is 1. The van der Waals surface area contributed by atoms with Crippen molar-refractivity contribution in [3.05, 3.63) is 86.4 Å². The van der Waals surface area contributed by atoms with Crippen LogP contribution in [0.5, 0.6) is 11.5 Å². The van der Waals surface area contributed by atoms with Gasteiger partial charge in [0.2, 0.25) is 0 Å². The monoisotopic (exact) mass is 586 g/mol. The van der Waals surface area contributed by atoms with Gasteiger partial charge in [0.25, 0.3) is 5.78 Å². The van der Waals surface area contributed by atoms with Gasteiger partial charge in [-0.1, -0.05) is 53.3 Å². The number of aliphatic hydroxyl groups excluding tert-OH is 1. The number of rotatable bonds is 6. The van der Waals surface area contributed by atoms with Crippen molar-refractivity contribution in [2.75, 3.05) is 24.7 Å². The van der Waals surface area contributed by atoms with Gasteiger partial charge in [0.1, 0.15) is 30.5 Å². The molecule has 2 aliphatic heterocycles. The third-order valence-corrected chi connectivity index (χ3v) is 7.73. The summed E-state index contributed by atoms with van der Waals surface area (Å²) in [5, 5.41) is 12.0. The van der Waals surface area contributed by atoms with Crippen LogP contribution in [0.15, 0.2) is 54.6 Å². The molecule has 0 spiro atoms. The standard InChI is InChI=1S/C27H20Cl2N2O7S/c1-3-8-38-26(35)24-13(2)30-27(39-24)31-21(16-6-5-15(28)12-17(16)29)20(23(33)25(31)34)22(32)14-4-7-18-19(11-14)37-10-9-36-18/h3-7,11-12,21,32H,1,8-10H2,2H3/b22-20+. The van der Waals surface area contributed by atoms with Crippen LogP contribution in [0.4, 0.5) is 5.13 Å². The van der Waals surface area contributed by atoms with Crippen molar-refractivity contribution in [3.63, 3.8) is 0 Å². The molecule has 2 aromatic carbocycles. The molecule has 9 nitrogen and oxygen atoms in total. The number of nitrogens with zero attached hydrogens (tertiary/aromatic N) is 2. The molecule has 1 unspecified atom stereocenters. The normalized spacial score (nSPS) is 17.8. The number of esters is 1. The lowest BCUT2D eigenvalue weighted by Crippen LogP contribution is -2.29. The topological polar surface area (TPSA) is 115 Å². The van der Waals surface area contributed by atoms with Gasteiger partial charge in [0.15, 0.2) is 16.6 Å². The van der Waals surface area contributed by atoms with Gasteiger partial charge in [0.05, 0.1) is 17.3 Å². The number of hydrogen-bond donors (Lipinski definition) is 1. The van der Waals surface area contributed by atoms with E-state index in [4.69, 9.17) is 37.4 Å². The molecular formula is C27H20Cl2N2O7S. The van der Waals surface area contributed by atoms with E-state index in [9.17, 15) is 19.5 Å².